The standard InChI is InChI=1S/C12H7N3O3/c13-8-9-4-1-2-6-11(9)18-12-10(15(16)17)5-3-7-14-12/h1-7H. The molecule has 0 aliphatic carbocycles. The van der Waals surface area contributed by atoms with Crippen LogP contribution in [0.2, 0.25) is 0 Å². The average molecular weight is 241 g/mol. The first kappa shape index (κ1) is 11.5. The average Bonchev–Trinajstić information content (AvgIpc) is 2.40. The Morgan fingerprint density at radius 3 is 2.78 bits per heavy atom. The van der Waals surface area contributed by atoms with Crippen molar-refractivity contribution in [3.63, 3.8) is 0 Å². The van der Waals surface area contributed by atoms with E-state index in [4.69, 9.17) is 10.00 Å². The molecule has 2 aromatic rings. The number of aromatic nitrogens is 1. The van der Waals surface area contributed by atoms with Gasteiger partial charge in [0.15, 0.2) is 0 Å². The van der Waals surface area contributed by atoms with Crippen molar-refractivity contribution in [2.75, 3.05) is 0 Å². The van der Waals surface area contributed by atoms with Gasteiger partial charge in [-0.25, -0.2) is 4.98 Å². The first-order chi connectivity index (χ1) is 8.72. The Labute approximate surface area is 102 Å². The molecule has 1 aromatic heterocycles. The lowest BCUT2D eigenvalue weighted by molar-refractivity contribution is -0.386. The quantitative estimate of drug-likeness (QED) is 0.608. The molecule has 6 heteroatoms. The van der Waals surface area contributed by atoms with Crippen LogP contribution in [0.5, 0.6) is 11.6 Å². The van der Waals surface area contributed by atoms with Gasteiger partial charge in [-0.15, -0.1) is 0 Å². The van der Waals surface area contributed by atoms with Crippen molar-refractivity contribution in [3.8, 4) is 17.7 Å². The molecule has 1 aromatic carbocycles. The predicted molar refractivity (Wildman–Crippen MR) is 62.1 cm³/mol. The molecule has 0 spiro atoms. The summed E-state index contributed by atoms with van der Waals surface area (Å²) in [6.45, 7) is 0. The third-order valence-electron chi connectivity index (χ3n) is 2.16. The van der Waals surface area contributed by atoms with E-state index in [2.05, 4.69) is 4.98 Å². The fraction of sp³-hybridized carbons (Fsp3) is 0. The molecule has 18 heavy (non-hydrogen) atoms. The summed E-state index contributed by atoms with van der Waals surface area (Å²) in [6.07, 6.45) is 1.39. The Kier molecular flexibility index (Phi) is 3.16. The molecule has 0 atom stereocenters. The Balaban J connectivity index is 2.41. The summed E-state index contributed by atoms with van der Waals surface area (Å²) < 4.78 is 5.32. The number of para-hydroxylation sites is 1. The fourth-order valence-corrected chi connectivity index (χ4v) is 1.35. The van der Waals surface area contributed by atoms with Gasteiger partial charge in [0.2, 0.25) is 0 Å². The van der Waals surface area contributed by atoms with Crippen LogP contribution in [-0.4, -0.2) is 9.91 Å². The Bertz CT molecular complexity index is 634. The molecular weight excluding hydrogens is 234 g/mol. The predicted octanol–water partition coefficient (Wildman–Crippen LogP) is 2.65. The van der Waals surface area contributed by atoms with Crippen LogP contribution in [-0.2, 0) is 0 Å². The third kappa shape index (κ3) is 2.25. The topological polar surface area (TPSA) is 89.0 Å². The van der Waals surface area contributed by atoms with Gasteiger partial charge in [-0.2, -0.15) is 5.26 Å². The van der Waals surface area contributed by atoms with Crippen molar-refractivity contribution < 1.29 is 9.66 Å². The van der Waals surface area contributed by atoms with Gasteiger partial charge >= 0.3 is 5.69 Å². The number of nitriles is 1. The van der Waals surface area contributed by atoms with E-state index in [1.165, 1.54) is 18.3 Å². The second kappa shape index (κ2) is 4.93. The van der Waals surface area contributed by atoms with Crippen molar-refractivity contribution in [2.45, 2.75) is 0 Å². The van der Waals surface area contributed by atoms with E-state index in [0.29, 0.717) is 0 Å². The minimum absolute atomic E-state index is 0.134. The smallest absolute Gasteiger partial charge is 0.331 e. The van der Waals surface area contributed by atoms with Crippen molar-refractivity contribution in [3.05, 3.63) is 58.3 Å². The molecule has 0 aliphatic heterocycles. The molecular formula is C12H7N3O3. The Morgan fingerprint density at radius 1 is 1.28 bits per heavy atom. The van der Waals surface area contributed by atoms with Gasteiger partial charge in [0.1, 0.15) is 11.8 Å². The van der Waals surface area contributed by atoms with E-state index in [1.807, 2.05) is 6.07 Å². The summed E-state index contributed by atoms with van der Waals surface area (Å²) in [5, 5.41) is 19.7. The van der Waals surface area contributed by atoms with E-state index in [-0.39, 0.29) is 22.9 Å². The molecule has 0 bridgehead atoms. The van der Waals surface area contributed by atoms with E-state index in [9.17, 15) is 10.1 Å². The number of benzene rings is 1. The van der Waals surface area contributed by atoms with Crippen molar-refractivity contribution in [2.24, 2.45) is 0 Å². The lowest BCUT2D eigenvalue weighted by atomic mass is 10.2. The highest BCUT2D eigenvalue weighted by Crippen LogP contribution is 2.29. The Morgan fingerprint density at radius 2 is 2.06 bits per heavy atom. The SMILES string of the molecule is N#Cc1ccccc1Oc1ncccc1[N+](=O)[O-]. The second-order valence-corrected chi connectivity index (χ2v) is 3.29. The van der Waals surface area contributed by atoms with Crippen molar-refractivity contribution in [1.29, 1.82) is 5.26 Å². The summed E-state index contributed by atoms with van der Waals surface area (Å²) in [4.78, 5) is 14.0. The summed E-state index contributed by atoms with van der Waals surface area (Å²) in [5.41, 5.74) is 0.0442. The number of rotatable bonds is 3. The van der Waals surface area contributed by atoms with E-state index >= 15 is 0 Å². The van der Waals surface area contributed by atoms with Gasteiger partial charge in [-0.05, 0) is 18.2 Å². The summed E-state index contributed by atoms with van der Waals surface area (Å²) in [5.74, 6) is 0.104. The van der Waals surface area contributed by atoms with Crippen LogP contribution in [0.15, 0.2) is 42.6 Å². The molecule has 0 saturated heterocycles. The van der Waals surface area contributed by atoms with Crippen LogP contribution in [0, 0.1) is 21.4 Å². The molecule has 0 unspecified atom stereocenters. The van der Waals surface area contributed by atoms with Crippen LogP contribution < -0.4 is 4.74 Å². The van der Waals surface area contributed by atoms with Crippen LogP contribution in [0.25, 0.3) is 0 Å². The molecule has 0 aliphatic rings. The van der Waals surface area contributed by atoms with Gasteiger partial charge in [-0.1, -0.05) is 12.1 Å². The monoisotopic (exact) mass is 241 g/mol. The third-order valence-corrected chi connectivity index (χ3v) is 2.16. The maximum atomic E-state index is 10.8. The molecule has 0 amide bonds. The number of nitro groups is 1. The molecule has 0 saturated carbocycles. The van der Waals surface area contributed by atoms with Crippen LogP contribution in [0.3, 0.4) is 0 Å². The number of hydrogen-bond donors (Lipinski definition) is 0. The van der Waals surface area contributed by atoms with Gasteiger partial charge < -0.3 is 4.74 Å². The number of ether oxygens (including phenoxy) is 1. The molecule has 2 rings (SSSR count). The largest absolute Gasteiger partial charge is 0.432 e. The highest BCUT2D eigenvalue weighted by molar-refractivity contribution is 5.48. The molecule has 6 nitrogen and oxygen atoms in total. The maximum Gasteiger partial charge on any atom is 0.331 e. The van der Waals surface area contributed by atoms with E-state index < -0.39 is 4.92 Å². The summed E-state index contributed by atoms with van der Waals surface area (Å²) in [7, 11) is 0. The molecule has 1 heterocycles. The van der Waals surface area contributed by atoms with Crippen LogP contribution in [0.4, 0.5) is 5.69 Å². The lowest BCUT2D eigenvalue weighted by Crippen LogP contribution is -1.96. The first-order valence-corrected chi connectivity index (χ1v) is 4.99. The minimum Gasteiger partial charge on any atom is -0.432 e. The second-order valence-electron chi connectivity index (χ2n) is 3.29. The van der Waals surface area contributed by atoms with E-state index in [1.54, 1.807) is 24.3 Å². The lowest BCUT2D eigenvalue weighted by Gasteiger charge is -2.05. The number of nitrogens with zero attached hydrogens (tertiary/aromatic N) is 3. The van der Waals surface area contributed by atoms with Gasteiger partial charge in [0.05, 0.1) is 10.5 Å². The summed E-state index contributed by atoms with van der Waals surface area (Å²) >= 11 is 0. The number of hydrogen-bond acceptors (Lipinski definition) is 5. The highest BCUT2D eigenvalue weighted by atomic mass is 16.6. The van der Waals surface area contributed by atoms with E-state index in [0.717, 1.165) is 0 Å². The molecule has 0 fully saturated rings. The Hall–Kier alpha value is -2.94. The van der Waals surface area contributed by atoms with Crippen molar-refractivity contribution in [1.82, 2.24) is 4.98 Å². The number of pyridine rings is 1. The zero-order valence-corrected chi connectivity index (χ0v) is 9.11. The van der Waals surface area contributed by atoms with Crippen molar-refractivity contribution >= 4 is 5.69 Å². The molecule has 88 valence electrons. The normalized spacial score (nSPS) is 9.50. The van der Waals surface area contributed by atoms with Gasteiger partial charge in [-0.3, -0.25) is 10.1 Å². The first-order valence-electron chi connectivity index (χ1n) is 4.99. The van der Waals surface area contributed by atoms with Crippen LogP contribution >= 0.6 is 0 Å². The van der Waals surface area contributed by atoms with Gasteiger partial charge in [0, 0.05) is 12.3 Å². The zero-order chi connectivity index (χ0) is 13.0. The van der Waals surface area contributed by atoms with Crippen LogP contribution in [0.1, 0.15) is 5.56 Å². The zero-order valence-electron chi connectivity index (χ0n) is 9.11. The summed E-state index contributed by atoms with van der Waals surface area (Å²) in [6, 6.07) is 11.1. The molecule has 0 N–H and O–H groups in total. The van der Waals surface area contributed by atoms with Gasteiger partial charge in [0.25, 0.3) is 5.88 Å². The fourth-order valence-electron chi connectivity index (χ4n) is 1.35. The molecule has 0 radical (unpaired) electrons. The minimum atomic E-state index is -0.586. The highest BCUT2D eigenvalue weighted by Gasteiger charge is 2.17. The maximum absolute atomic E-state index is 10.8.